The van der Waals surface area contributed by atoms with Gasteiger partial charge in [-0.25, -0.2) is 0 Å². The first-order valence-corrected chi connectivity index (χ1v) is 7.45. The summed E-state index contributed by atoms with van der Waals surface area (Å²) in [5, 5.41) is 8.83. The smallest absolute Gasteiger partial charge is 0.0830 e. The van der Waals surface area contributed by atoms with E-state index >= 15 is 0 Å². The van der Waals surface area contributed by atoms with Crippen molar-refractivity contribution in [2.24, 2.45) is 0 Å². The number of aliphatic hydroxyl groups excluding tert-OH is 1. The van der Waals surface area contributed by atoms with Crippen LogP contribution in [0, 0.1) is 0 Å². The lowest BCUT2D eigenvalue weighted by atomic mass is 9.94. The van der Waals surface area contributed by atoms with Gasteiger partial charge in [-0.2, -0.15) is 0 Å². The Morgan fingerprint density at radius 3 is 1.95 bits per heavy atom. The summed E-state index contributed by atoms with van der Waals surface area (Å²) in [6, 6.07) is 21.5. The average Bonchev–Trinajstić information content (AvgIpc) is 2.51. The van der Waals surface area contributed by atoms with Crippen molar-refractivity contribution in [1.29, 1.82) is 0 Å². The molecule has 21 heavy (non-hydrogen) atoms. The van der Waals surface area contributed by atoms with Crippen molar-refractivity contribution in [2.75, 3.05) is 26.3 Å². The summed E-state index contributed by atoms with van der Waals surface area (Å²) < 4.78 is 5.59. The van der Waals surface area contributed by atoms with Gasteiger partial charge >= 0.3 is 0 Å². The summed E-state index contributed by atoms with van der Waals surface area (Å²) in [7, 11) is 0. The Bertz CT molecular complexity index is 498. The zero-order valence-corrected chi connectivity index (χ0v) is 12.1. The summed E-state index contributed by atoms with van der Waals surface area (Å²) in [6.07, 6.45) is 0.243. The molecule has 0 spiro atoms. The summed E-state index contributed by atoms with van der Waals surface area (Å²) >= 11 is 0. The normalized spacial score (nSPS) is 16.1. The lowest BCUT2D eigenvalue weighted by Crippen LogP contribution is -2.53. The molecule has 110 valence electrons. The van der Waals surface area contributed by atoms with E-state index in [2.05, 4.69) is 65.6 Å². The number of hydrogen-bond acceptors (Lipinski definition) is 3. The minimum atomic E-state index is 0.0945. The van der Waals surface area contributed by atoms with Gasteiger partial charge in [-0.1, -0.05) is 60.7 Å². The Labute approximate surface area is 125 Å². The quantitative estimate of drug-likeness (QED) is 0.884. The van der Waals surface area contributed by atoms with Crippen LogP contribution in [0.3, 0.4) is 0 Å². The van der Waals surface area contributed by atoms with Crippen LogP contribution < -0.4 is 0 Å². The number of likely N-dealkylation sites (tertiary alicyclic amines) is 1. The molecule has 0 unspecified atom stereocenters. The number of nitrogens with zero attached hydrogens (tertiary/aromatic N) is 1. The zero-order chi connectivity index (χ0) is 14.5. The topological polar surface area (TPSA) is 32.7 Å². The Hall–Kier alpha value is -1.68. The van der Waals surface area contributed by atoms with Gasteiger partial charge in [0, 0.05) is 13.1 Å². The van der Waals surface area contributed by atoms with Crippen molar-refractivity contribution in [2.45, 2.75) is 12.1 Å². The molecule has 1 saturated heterocycles. The van der Waals surface area contributed by atoms with Gasteiger partial charge in [0.25, 0.3) is 0 Å². The van der Waals surface area contributed by atoms with E-state index in [0.29, 0.717) is 6.61 Å². The van der Waals surface area contributed by atoms with E-state index in [-0.39, 0.29) is 18.8 Å². The molecule has 1 fully saturated rings. The Morgan fingerprint density at radius 2 is 1.48 bits per heavy atom. The molecule has 0 saturated carbocycles. The first-order chi connectivity index (χ1) is 10.4. The van der Waals surface area contributed by atoms with Crippen molar-refractivity contribution in [3.63, 3.8) is 0 Å². The van der Waals surface area contributed by atoms with Gasteiger partial charge in [0.2, 0.25) is 0 Å². The lowest BCUT2D eigenvalue weighted by Gasteiger charge is -2.44. The van der Waals surface area contributed by atoms with Crippen LogP contribution in [-0.4, -0.2) is 42.4 Å². The Morgan fingerprint density at radius 1 is 0.952 bits per heavy atom. The predicted octanol–water partition coefficient (Wildman–Crippen LogP) is 2.47. The highest BCUT2D eigenvalue weighted by atomic mass is 16.5. The number of aliphatic hydroxyl groups is 1. The van der Waals surface area contributed by atoms with Gasteiger partial charge in [-0.05, 0) is 11.1 Å². The molecule has 0 amide bonds. The molecular weight excluding hydrogens is 262 g/mol. The average molecular weight is 283 g/mol. The van der Waals surface area contributed by atoms with Crippen LogP contribution in [0.1, 0.15) is 17.2 Å². The highest BCUT2D eigenvalue weighted by Gasteiger charge is 2.34. The maximum Gasteiger partial charge on any atom is 0.0830 e. The third-order valence-corrected chi connectivity index (χ3v) is 3.92. The standard InChI is InChI=1S/C18H21NO2/c20-11-12-21-17-13-19(14-17)18(15-7-3-1-4-8-15)16-9-5-2-6-10-16/h1-10,17-18,20H,11-14H2. The monoisotopic (exact) mass is 283 g/mol. The second-order valence-electron chi connectivity index (χ2n) is 5.39. The maximum atomic E-state index is 8.83. The molecule has 3 nitrogen and oxygen atoms in total. The van der Waals surface area contributed by atoms with Gasteiger partial charge in [-0.15, -0.1) is 0 Å². The van der Waals surface area contributed by atoms with Crippen LogP contribution in [0.5, 0.6) is 0 Å². The molecular formula is C18H21NO2. The zero-order valence-electron chi connectivity index (χ0n) is 12.1. The first kappa shape index (κ1) is 14.3. The Kier molecular flexibility index (Phi) is 4.65. The van der Waals surface area contributed by atoms with E-state index in [4.69, 9.17) is 9.84 Å². The molecule has 1 N–H and O–H groups in total. The van der Waals surface area contributed by atoms with Crippen molar-refractivity contribution in [3.05, 3.63) is 71.8 Å². The summed E-state index contributed by atoms with van der Waals surface area (Å²) in [5.41, 5.74) is 2.62. The van der Waals surface area contributed by atoms with E-state index in [9.17, 15) is 0 Å². The van der Waals surface area contributed by atoms with Crippen LogP contribution in [0.15, 0.2) is 60.7 Å². The highest BCUT2D eigenvalue weighted by Crippen LogP contribution is 2.32. The second-order valence-corrected chi connectivity index (χ2v) is 5.39. The molecule has 0 bridgehead atoms. The van der Waals surface area contributed by atoms with Gasteiger partial charge in [0.15, 0.2) is 0 Å². The number of ether oxygens (including phenoxy) is 1. The molecule has 2 aromatic rings. The number of hydrogen-bond donors (Lipinski definition) is 1. The minimum Gasteiger partial charge on any atom is -0.394 e. The van der Waals surface area contributed by atoms with Gasteiger partial charge in [0.1, 0.15) is 0 Å². The lowest BCUT2D eigenvalue weighted by molar-refractivity contribution is -0.0742. The van der Waals surface area contributed by atoms with Gasteiger partial charge in [0.05, 0.1) is 25.4 Å². The van der Waals surface area contributed by atoms with Crippen molar-refractivity contribution in [1.82, 2.24) is 4.90 Å². The van der Waals surface area contributed by atoms with Crippen molar-refractivity contribution >= 4 is 0 Å². The Balaban J connectivity index is 1.76. The van der Waals surface area contributed by atoms with E-state index in [1.807, 2.05) is 0 Å². The molecule has 1 heterocycles. The summed E-state index contributed by atoms with van der Waals surface area (Å²) in [5.74, 6) is 0. The fourth-order valence-corrected chi connectivity index (χ4v) is 2.89. The first-order valence-electron chi connectivity index (χ1n) is 7.45. The number of rotatable bonds is 6. The molecule has 0 aliphatic carbocycles. The second kappa shape index (κ2) is 6.85. The fourth-order valence-electron chi connectivity index (χ4n) is 2.89. The largest absolute Gasteiger partial charge is 0.394 e. The van der Waals surface area contributed by atoms with E-state index in [1.165, 1.54) is 11.1 Å². The molecule has 3 heteroatoms. The third-order valence-electron chi connectivity index (χ3n) is 3.92. The van der Waals surface area contributed by atoms with Crippen LogP contribution in [-0.2, 0) is 4.74 Å². The number of benzene rings is 2. The third kappa shape index (κ3) is 3.32. The van der Waals surface area contributed by atoms with E-state index in [0.717, 1.165) is 13.1 Å². The van der Waals surface area contributed by atoms with Crippen LogP contribution in [0.2, 0.25) is 0 Å². The highest BCUT2D eigenvalue weighted by molar-refractivity contribution is 5.32. The van der Waals surface area contributed by atoms with Crippen LogP contribution in [0.4, 0.5) is 0 Å². The summed E-state index contributed by atoms with van der Waals surface area (Å²) in [6.45, 7) is 2.35. The van der Waals surface area contributed by atoms with Crippen molar-refractivity contribution < 1.29 is 9.84 Å². The van der Waals surface area contributed by atoms with Crippen molar-refractivity contribution in [3.8, 4) is 0 Å². The molecule has 1 aliphatic heterocycles. The molecule has 0 aromatic heterocycles. The molecule has 1 aliphatic rings. The fraction of sp³-hybridized carbons (Fsp3) is 0.333. The molecule has 0 radical (unpaired) electrons. The van der Waals surface area contributed by atoms with Crippen LogP contribution in [0.25, 0.3) is 0 Å². The van der Waals surface area contributed by atoms with Crippen LogP contribution >= 0.6 is 0 Å². The van der Waals surface area contributed by atoms with Gasteiger partial charge in [-0.3, -0.25) is 4.90 Å². The maximum absolute atomic E-state index is 8.83. The van der Waals surface area contributed by atoms with Gasteiger partial charge < -0.3 is 9.84 Å². The minimum absolute atomic E-state index is 0.0945. The van der Waals surface area contributed by atoms with E-state index < -0.39 is 0 Å². The van der Waals surface area contributed by atoms with E-state index in [1.54, 1.807) is 0 Å². The molecule has 2 aromatic carbocycles. The predicted molar refractivity (Wildman–Crippen MR) is 83.1 cm³/mol. The molecule has 3 rings (SSSR count). The summed E-state index contributed by atoms with van der Waals surface area (Å²) in [4.78, 5) is 2.42. The molecule has 0 atom stereocenters. The SMILES string of the molecule is OCCOC1CN(C(c2ccccc2)c2ccccc2)C1.